The Bertz CT molecular complexity index is 1150. The van der Waals surface area contributed by atoms with Gasteiger partial charge >= 0.3 is 0 Å². The number of allylic oxidation sites excluding steroid dienone is 1. The van der Waals surface area contributed by atoms with Crippen molar-refractivity contribution in [2.45, 2.75) is 49.4 Å². The molecule has 29 heavy (non-hydrogen) atoms. The molecular weight excluding hydrogens is 386 g/mol. The fourth-order valence-electron chi connectivity index (χ4n) is 3.72. The summed E-state index contributed by atoms with van der Waals surface area (Å²) in [6, 6.07) is 7.39. The van der Waals surface area contributed by atoms with Crippen molar-refractivity contribution in [2.75, 3.05) is 6.54 Å². The molecule has 2 heterocycles. The van der Waals surface area contributed by atoms with Crippen LogP contribution in [0.3, 0.4) is 0 Å². The van der Waals surface area contributed by atoms with E-state index in [4.69, 9.17) is 0 Å². The number of carbonyl (C=O) groups is 1. The van der Waals surface area contributed by atoms with E-state index in [1.54, 1.807) is 13.1 Å². The highest BCUT2D eigenvalue weighted by Crippen LogP contribution is 2.25. The molecule has 1 aliphatic rings. The fourth-order valence-corrected chi connectivity index (χ4v) is 4.60. The summed E-state index contributed by atoms with van der Waals surface area (Å²) in [4.78, 5) is 25.1. The van der Waals surface area contributed by atoms with Crippen LogP contribution in [0, 0.1) is 0 Å². The molecule has 0 saturated carbocycles. The summed E-state index contributed by atoms with van der Waals surface area (Å²) in [5, 5.41) is 12.3. The van der Waals surface area contributed by atoms with Crippen LogP contribution in [0.4, 0.5) is 0 Å². The number of fused-ring (bicyclic) bond motifs is 3. The topological polar surface area (TPSA) is 81.3 Å². The number of hydrogen-bond donors (Lipinski definition) is 1. The first-order valence-corrected chi connectivity index (χ1v) is 10.9. The van der Waals surface area contributed by atoms with Gasteiger partial charge in [0.15, 0.2) is 5.16 Å². The minimum absolute atomic E-state index is 0.0164. The van der Waals surface area contributed by atoms with Crippen molar-refractivity contribution in [1.82, 2.24) is 24.5 Å². The zero-order chi connectivity index (χ0) is 20.4. The Hall–Kier alpha value is -2.61. The van der Waals surface area contributed by atoms with Crippen LogP contribution in [0.1, 0.15) is 39.0 Å². The van der Waals surface area contributed by atoms with Crippen molar-refractivity contribution >= 4 is 34.3 Å². The second kappa shape index (κ2) is 8.41. The van der Waals surface area contributed by atoms with E-state index in [1.165, 1.54) is 34.7 Å². The lowest BCUT2D eigenvalue weighted by molar-refractivity contribution is -0.120. The van der Waals surface area contributed by atoms with E-state index in [-0.39, 0.29) is 16.7 Å². The van der Waals surface area contributed by atoms with Gasteiger partial charge in [-0.1, -0.05) is 35.5 Å². The summed E-state index contributed by atoms with van der Waals surface area (Å²) in [6.45, 7) is 2.53. The SMILES string of the molecule is CC(Sc1nnc2n(C)c(=O)c3ccccc3n12)C(=O)NCCC1=CCCCC1. The number of nitrogens with one attached hydrogen (secondary N) is 1. The molecule has 0 radical (unpaired) electrons. The number of carbonyl (C=O) groups excluding carboxylic acids is 1. The molecule has 4 rings (SSSR count). The van der Waals surface area contributed by atoms with E-state index >= 15 is 0 Å². The number of amides is 1. The van der Waals surface area contributed by atoms with E-state index in [0.29, 0.717) is 22.9 Å². The zero-order valence-corrected chi connectivity index (χ0v) is 17.5. The van der Waals surface area contributed by atoms with Gasteiger partial charge in [-0.25, -0.2) is 0 Å². The van der Waals surface area contributed by atoms with Gasteiger partial charge in [-0.3, -0.25) is 18.6 Å². The van der Waals surface area contributed by atoms with Gasteiger partial charge in [0.25, 0.3) is 5.56 Å². The first-order chi connectivity index (χ1) is 14.1. The minimum Gasteiger partial charge on any atom is -0.355 e. The van der Waals surface area contributed by atoms with Gasteiger partial charge in [-0.15, -0.1) is 10.2 Å². The van der Waals surface area contributed by atoms with Gasteiger partial charge in [0.1, 0.15) is 0 Å². The molecule has 0 saturated heterocycles. The molecule has 0 aliphatic heterocycles. The first kappa shape index (κ1) is 19.7. The van der Waals surface area contributed by atoms with Crippen LogP contribution >= 0.6 is 11.8 Å². The highest BCUT2D eigenvalue weighted by molar-refractivity contribution is 8.00. The number of para-hydroxylation sites is 1. The zero-order valence-electron chi connectivity index (χ0n) is 16.7. The lowest BCUT2D eigenvalue weighted by Crippen LogP contribution is -2.32. The van der Waals surface area contributed by atoms with Crippen LogP contribution in [0.25, 0.3) is 16.7 Å². The predicted octanol–water partition coefficient (Wildman–Crippen LogP) is 3.07. The van der Waals surface area contributed by atoms with Gasteiger partial charge in [-0.05, 0) is 51.2 Å². The highest BCUT2D eigenvalue weighted by atomic mass is 32.2. The normalized spacial score (nSPS) is 15.4. The van der Waals surface area contributed by atoms with Gasteiger partial charge in [0, 0.05) is 13.6 Å². The van der Waals surface area contributed by atoms with Crippen molar-refractivity contribution in [3.8, 4) is 0 Å². The summed E-state index contributed by atoms with van der Waals surface area (Å²) in [5.41, 5.74) is 2.09. The van der Waals surface area contributed by atoms with E-state index in [1.807, 2.05) is 29.5 Å². The van der Waals surface area contributed by atoms with Crippen LogP contribution in [-0.2, 0) is 11.8 Å². The highest BCUT2D eigenvalue weighted by Gasteiger charge is 2.20. The van der Waals surface area contributed by atoms with Gasteiger partial charge < -0.3 is 5.32 Å². The smallest absolute Gasteiger partial charge is 0.262 e. The Kier molecular flexibility index (Phi) is 5.71. The van der Waals surface area contributed by atoms with Crippen molar-refractivity contribution in [3.05, 3.63) is 46.3 Å². The molecule has 2 aromatic heterocycles. The summed E-state index contributed by atoms with van der Waals surface area (Å²) in [6.07, 6.45) is 8.07. The second-order valence-electron chi connectivity index (χ2n) is 7.41. The quantitative estimate of drug-likeness (QED) is 0.498. The van der Waals surface area contributed by atoms with Crippen molar-refractivity contribution in [3.63, 3.8) is 0 Å². The largest absolute Gasteiger partial charge is 0.355 e. The molecule has 0 spiro atoms. The molecule has 1 amide bonds. The second-order valence-corrected chi connectivity index (χ2v) is 8.72. The monoisotopic (exact) mass is 411 g/mol. The molecule has 0 bridgehead atoms. The summed E-state index contributed by atoms with van der Waals surface area (Å²) < 4.78 is 3.33. The third-order valence-corrected chi connectivity index (χ3v) is 6.42. The number of nitrogens with zero attached hydrogens (tertiary/aromatic N) is 4. The number of aryl methyl sites for hydroxylation is 1. The maximum atomic E-state index is 12.6. The Morgan fingerprint density at radius 3 is 2.90 bits per heavy atom. The van der Waals surface area contributed by atoms with Crippen LogP contribution in [0.2, 0.25) is 0 Å². The van der Waals surface area contributed by atoms with E-state index < -0.39 is 0 Å². The van der Waals surface area contributed by atoms with Crippen molar-refractivity contribution < 1.29 is 4.79 Å². The predicted molar refractivity (Wildman–Crippen MR) is 115 cm³/mol. The average Bonchev–Trinajstić information content (AvgIpc) is 3.16. The van der Waals surface area contributed by atoms with Crippen LogP contribution < -0.4 is 10.9 Å². The number of benzene rings is 1. The van der Waals surface area contributed by atoms with Crippen LogP contribution in [0.15, 0.2) is 45.9 Å². The van der Waals surface area contributed by atoms with Crippen LogP contribution in [0.5, 0.6) is 0 Å². The third-order valence-electron chi connectivity index (χ3n) is 5.38. The fraction of sp³-hybridized carbons (Fsp3) is 0.429. The number of aromatic nitrogens is 4. The summed E-state index contributed by atoms with van der Waals surface area (Å²) >= 11 is 1.35. The van der Waals surface area contributed by atoms with Gasteiger partial charge in [-0.2, -0.15) is 0 Å². The minimum atomic E-state index is -0.321. The number of hydrogen-bond acceptors (Lipinski definition) is 5. The third kappa shape index (κ3) is 3.94. The molecule has 152 valence electrons. The van der Waals surface area contributed by atoms with Crippen molar-refractivity contribution in [1.29, 1.82) is 0 Å². The van der Waals surface area contributed by atoms with Gasteiger partial charge in [0.05, 0.1) is 16.2 Å². The lowest BCUT2D eigenvalue weighted by Gasteiger charge is -2.15. The molecule has 1 unspecified atom stereocenters. The van der Waals surface area contributed by atoms with Gasteiger partial charge in [0.2, 0.25) is 11.7 Å². The Morgan fingerprint density at radius 2 is 2.10 bits per heavy atom. The maximum absolute atomic E-state index is 12.6. The molecule has 0 fully saturated rings. The summed E-state index contributed by atoms with van der Waals surface area (Å²) in [7, 11) is 1.68. The Labute approximate surface area is 173 Å². The first-order valence-electron chi connectivity index (χ1n) is 10.0. The maximum Gasteiger partial charge on any atom is 0.262 e. The van der Waals surface area contributed by atoms with Crippen molar-refractivity contribution in [2.24, 2.45) is 7.05 Å². The van der Waals surface area contributed by atoms with E-state index in [2.05, 4.69) is 21.6 Å². The average molecular weight is 412 g/mol. The number of rotatable bonds is 6. The van der Waals surface area contributed by atoms with E-state index in [0.717, 1.165) is 24.8 Å². The van der Waals surface area contributed by atoms with Crippen LogP contribution in [-0.4, -0.2) is 36.9 Å². The molecule has 1 aromatic carbocycles. The molecule has 1 N–H and O–H groups in total. The molecule has 7 nitrogen and oxygen atoms in total. The standard InChI is InChI=1S/C21H25N5O2S/c1-14(18(27)22-13-12-15-8-4-3-5-9-15)29-21-24-23-20-25(2)19(28)16-10-6-7-11-17(16)26(20)21/h6-8,10-11,14H,3-5,9,12-13H2,1-2H3,(H,22,27). The molecule has 8 heteroatoms. The van der Waals surface area contributed by atoms with E-state index in [9.17, 15) is 9.59 Å². The Morgan fingerprint density at radius 1 is 1.28 bits per heavy atom. The molecule has 1 aliphatic carbocycles. The number of thioether (sulfide) groups is 1. The summed E-state index contributed by atoms with van der Waals surface area (Å²) in [5.74, 6) is 0.449. The lowest BCUT2D eigenvalue weighted by atomic mass is 9.97. The molecular formula is C21H25N5O2S. The molecule has 1 atom stereocenters. The molecule has 3 aromatic rings. The Balaban J connectivity index is 1.51.